The summed E-state index contributed by atoms with van der Waals surface area (Å²) in [7, 11) is 0. The molecule has 1 aromatic carbocycles. The first kappa shape index (κ1) is 10.9. The van der Waals surface area contributed by atoms with Crippen LogP contribution in [0.5, 0.6) is 5.75 Å². The molecule has 14 heavy (non-hydrogen) atoms. The summed E-state index contributed by atoms with van der Waals surface area (Å²) in [6, 6.07) is 4.87. The van der Waals surface area contributed by atoms with Crippen LogP contribution in [-0.2, 0) is 11.2 Å². The maximum absolute atomic E-state index is 10.3. The van der Waals surface area contributed by atoms with Gasteiger partial charge in [-0.25, -0.2) is 0 Å². The second-order valence-corrected chi connectivity index (χ2v) is 3.39. The van der Waals surface area contributed by atoms with Gasteiger partial charge in [0.15, 0.2) is 0 Å². The lowest BCUT2D eigenvalue weighted by molar-refractivity contribution is -0.137. The third kappa shape index (κ3) is 2.92. The van der Waals surface area contributed by atoms with Crippen LogP contribution in [0, 0.1) is 0 Å². The van der Waals surface area contributed by atoms with Crippen molar-refractivity contribution >= 4 is 17.6 Å². The van der Waals surface area contributed by atoms with Crippen LogP contribution in [0.2, 0.25) is 5.02 Å². The van der Waals surface area contributed by atoms with Gasteiger partial charge in [0, 0.05) is 17.0 Å². The van der Waals surface area contributed by atoms with E-state index in [9.17, 15) is 9.90 Å². The Hall–Kier alpha value is -1.22. The summed E-state index contributed by atoms with van der Waals surface area (Å²) in [4.78, 5) is 10.3. The highest BCUT2D eigenvalue weighted by atomic mass is 35.5. The molecular weight excluding hydrogens is 204 g/mol. The van der Waals surface area contributed by atoms with Crippen LogP contribution in [0.1, 0.15) is 18.4 Å². The summed E-state index contributed by atoms with van der Waals surface area (Å²) in [5, 5.41) is 18.3. The van der Waals surface area contributed by atoms with Gasteiger partial charge in [0.2, 0.25) is 0 Å². The monoisotopic (exact) mass is 214 g/mol. The Labute approximate surface area is 86.9 Å². The Morgan fingerprint density at radius 2 is 2.14 bits per heavy atom. The lowest BCUT2D eigenvalue weighted by Gasteiger charge is -2.05. The fraction of sp³-hybridized carbons (Fsp3) is 0.300. The zero-order chi connectivity index (χ0) is 10.6. The molecule has 0 aliphatic carbocycles. The van der Waals surface area contributed by atoms with Crippen LogP contribution in [0.4, 0.5) is 0 Å². The van der Waals surface area contributed by atoms with Gasteiger partial charge in [0.25, 0.3) is 0 Å². The predicted octanol–water partition coefficient (Wildman–Crippen LogP) is 2.45. The zero-order valence-corrected chi connectivity index (χ0v) is 8.29. The smallest absolute Gasteiger partial charge is 0.303 e. The molecule has 0 bridgehead atoms. The summed E-state index contributed by atoms with van der Waals surface area (Å²) >= 11 is 5.84. The van der Waals surface area contributed by atoms with Crippen molar-refractivity contribution in [2.24, 2.45) is 0 Å². The summed E-state index contributed by atoms with van der Waals surface area (Å²) in [6.45, 7) is 0. The minimum Gasteiger partial charge on any atom is -0.508 e. The third-order valence-corrected chi connectivity index (χ3v) is 2.27. The molecule has 76 valence electrons. The largest absolute Gasteiger partial charge is 0.508 e. The van der Waals surface area contributed by atoms with Gasteiger partial charge < -0.3 is 10.2 Å². The number of benzene rings is 1. The molecule has 0 amide bonds. The average molecular weight is 215 g/mol. The Balaban J connectivity index is 2.62. The number of phenols is 1. The summed E-state index contributed by atoms with van der Waals surface area (Å²) in [5.74, 6) is -0.709. The average Bonchev–Trinajstić information content (AvgIpc) is 2.09. The predicted molar refractivity (Wildman–Crippen MR) is 53.7 cm³/mol. The van der Waals surface area contributed by atoms with Crippen molar-refractivity contribution in [2.45, 2.75) is 19.3 Å². The van der Waals surface area contributed by atoms with E-state index in [4.69, 9.17) is 16.7 Å². The number of carbonyl (C=O) groups is 1. The van der Waals surface area contributed by atoms with Crippen LogP contribution in [-0.4, -0.2) is 16.2 Å². The number of halogens is 1. The van der Waals surface area contributed by atoms with Gasteiger partial charge in [0.05, 0.1) is 0 Å². The maximum atomic E-state index is 10.3. The van der Waals surface area contributed by atoms with E-state index in [1.165, 1.54) is 0 Å². The van der Waals surface area contributed by atoms with Crippen molar-refractivity contribution in [3.05, 3.63) is 28.8 Å². The Morgan fingerprint density at radius 1 is 1.43 bits per heavy atom. The number of phenolic OH excluding ortho intramolecular Hbond substituents is 1. The van der Waals surface area contributed by atoms with Crippen LogP contribution in [0.15, 0.2) is 18.2 Å². The fourth-order valence-electron chi connectivity index (χ4n) is 1.21. The first-order valence-electron chi connectivity index (χ1n) is 4.29. The Morgan fingerprint density at radius 3 is 2.71 bits per heavy atom. The van der Waals surface area contributed by atoms with Crippen LogP contribution < -0.4 is 0 Å². The zero-order valence-electron chi connectivity index (χ0n) is 7.53. The molecular formula is C10H11ClO3. The number of hydrogen-bond acceptors (Lipinski definition) is 2. The molecule has 0 atom stereocenters. The molecule has 0 heterocycles. The van der Waals surface area contributed by atoms with Crippen LogP contribution >= 0.6 is 11.6 Å². The first-order chi connectivity index (χ1) is 6.61. The van der Waals surface area contributed by atoms with E-state index in [0.29, 0.717) is 23.4 Å². The molecule has 0 aromatic heterocycles. The molecule has 1 rings (SSSR count). The van der Waals surface area contributed by atoms with E-state index in [1.54, 1.807) is 18.2 Å². The summed E-state index contributed by atoms with van der Waals surface area (Å²) < 4.78 is 0. The lowest BCUT2D eigenvalue weighted by atomic mass is 10.1. The standard InChI is InChI=1S/C10H11ClO3/c11-8-4-2-5-9(12)7(8)3-1-6-10(13)14/h2,4-5,12H,1,3,6H2,(H,13,14). The van der Waals surface area contributed by atoms with E-state index < -0.39 is 5.97 Å². The van der Waals surface area contributed by atoms with Gasteiger partial charge in [-0.15, -0.1) is 0 Å². The molecule has 0 saturated heterocycles. The highest BCUT2D eigenvalue weighted by Gasteiger charge is 2.06. The van der Waals surface area contributed by atoms with Crippen LogP contribution in [0.3, 0.4) is 0 Å². The molecule has 0 radical (unpaired) electrons. The van der Waals surface area contributed by atoms with Gasteiger partial charge in [-0.3, -0.25) is 4.79 Å². The van der Waals surface area contributed by atoms with Gasteiger partial charge >= 0.3 is 5.97 Å². The number of carboxylic acids is 1. The minimum absolute atomic E-state index is 0.0880. The molecule has 0 spiro atoms. The number of carboxylic acid groups (broad SMARTS) is 1. The van der Waals surface area contributed by atoms with Crippen molar-refractivity contribution in [3.63, 3.8) is 0 Å². The first-order valence-corrected chi connectivity index (χ1v) is 4.67. The minimum atomic E-state index is -0.837. The molecule has 1 aromatic rings. The summed E-state index contributed by atoms with van der Waals surface area (Å²) in [5.41, 5.74) is 0.621. The van der Waals surface area contributed by atoms with E-state index in [0.717, 1.165) is 0 Å². The lowest BCUT2D eigenvalue weighted by Crippen LogP contribution is -1.96. The van der Waals surface area contributed by atoms with Crippen LogP contribution in [0.25, 0.3) is 0 Å². The molecule has 0 aliphatic heterocycles. The van der Waals surface area contributed by atoms with Crippen molar-refractivity contribution in [2.75, 3.05) is 0 Å². The van der Waals surface area contributed by atoms with E-state index >= 15 is 0 Å². The topological polar surface area (TPSA) is 57.5 Å². The number of aromatic hydroxyl groups is 1. The SMILES string of the molecule is O=C(O)CCCc1c(O)cccc1Cl. The molecule has 0 aliphatic rings. The third-order valence-electron chi connectivity index (χ3n) is 1.91. The molecule has 4 heteroatoms. The maximum Gasteiger partial charge on any atom is 0.303 e. The Kier molecular flexibility index (Phi) is 3.77. The van der Waals surface area contributed by atoms with Crippen molar-refractivity contribution in [1.82, 2.24) is 0 Å². The molecule has 0 unspecified atom stereocenters. The molecule has 2 N–H and O–H groups in total. The van der Waals surface area contributed by atoms with Gasteiger partial charge in [-0.1, -0.05) is 17.7 Å². The highest BCUT2D eigenvalue weighted by molar-refractivity contribution is 6.31. The highest BCUT2D eigenvalue weighted by Crippen LogP contribution is 2.26. The molecule has 0 saturated carbocycles. The van der Waals surface area contributed by atoms with E-state index in [1.807, 2.05) is 0 Å². The number of rotatable bonds is 4. The second kappa shape index (κ2) is 4.86. The van der Waals surface area contributed by atoms with Crippen molar-refractivity contribution in [3.8, 4) is 5.75 Å². The molecule has 3 nitrogen and oxygen atoms in total. The number of aliphatic carboxylic acids is 1. The van der Waals surface area contributed by atoms with Gasteiger partial charge in [-0.2, -0.15) is 0 Å². The number of hydrogen-bond donors (Lipinski definition) is 2. The Bertz CT molecular complexity index is 316. The molecule has 0 fully saturated rings. The normalized spacial score (nSPS) is 10.1. The van der Waals surface area contributed by atoms with Gasteiger partial charge in [0.1, 0.15) is 5.75 Å². The van der Waals surface area contributed by atoms with E-state index in [2.05, 4.69) is 0 Å². The van der Waals surface area contributed by atoms with Gasteiger partial charge in [-0.05, 0) is 25.0 Å². The summed E-state index contributed by atoms with van der Waals surface area (Å²) in [6.07, 6.45) is 1.05. The second-order valence-electron chi connectivity index (χ2n) is 2.98. The fourth-order valence-corrected chi connectivity index (χ4v) is 1.48. The van der Waals surface area contributed by atoms with Crippen molar-refractivity contribution in [1.29, 1.82) is 0 Å². The van der Waals surface area contributed by atoms with Crippen molar-refractivity contribution < 1.29 is 15.0 Å². The quantitative estimate of drug-likeness (QED) is 0.810. The van der Waals surface area contributed by atoms with E-state index in [-0.39, 0.29) is 12.2 Å².